The Morgan fingerprint density at radius 2 is 1.72 bits per heavy atom. The monoisotopic (exact) mass is 246 g/mol. The van der Waals surface area contributed by atoms with Gasteiger partial charge in [-0.3, -0.25) is 0 Å². The summed E-state index contributed by atoms with van der Waals surface area (Å²) >= 11 is 0. The van der Waals surface area contributed by atoms with Crippen LogP contribution in [0.5, 0.6) is 0 Å². The van der Waals surface area contributed by atoms with Crippen LogP contribution in [-0.4, -0.2) is 0 Å². The predicted molar refractivity (Wildman–Crippen MR) is 82.7 cm³/mol. The molecular formula is C18H30. The van der Waals surface area contributed by atoms with Gasteiger partial charge in [0.1, 0.15) is 0 Å². The van der Waals surface area contributed by atoms with Gasteiger partial charge in [-0.2, -0.15) is 0 Å². The van der Waals surface area contributed by atoms with Crippen molar-refractivity contribution in [2.75, 3.05) is 0 Å². The van der Waals surface area contributed by atoms with Crippen LogP contribution >= 0.6 is 0 Å². The summed E-state index contributed by atoms with van der Waals surface area (Å²) in [5, 5.41) is 0. The second-order valence-electron chi connectivity index (χ2n) is 5.97. The number of hydrogen-bond donors (Lipinski definition) is 0. The van der Waals surface area contributed by atoms with E-state index in [1.165, 1.54) is 44.9 Å². The van der Waals surface area contributed by atoms with Crippen LogP contribution < -0.4 is 0 Å². The number of rotatable bonds is 0. The van der Waals surface area contributed by atoms with E-state index in [-0.39, 0.29) is 0 Å². The molecule has 3 aliphatic carbocycles. The van der Waals surface area contributed by atoms with Crippen LogP contribution in [0.2, 0.25) is 0 Å². The summed E-state index contributed by atoms with van der Waals surface area (Å²) < 4.78 is 0. The number of allylic oxidation sites excluding steroid dienone is 6. The zero-order chi connectivity index (χ0) is 13.2. The quantitative estimate of drug-likeness (QED) is 0.456. The molecule has 102 valence electrons. The Kier molecular flexibility index (Phi) is 7.80. The van der Waals surface area contributed by atoms with Gasteiger partial charge in [0.05, 0.1) is 0 Å². The minimum absolute atomic E-state index is 0.866. The van der Waals surface area contributed by atoms with Gasteiger partial charge in [0.25, 0.3) is 0 Å². The van der Waals surface area contributed by atoms with E-state index in [0.717, 1.165) is 11.8 Å². The van der Waals surface area contributed by atoms with Crippen LogP contribution in [0.4, 0.5) is 0 Å². The van der Waals surface area contributed by atoms with E-state index >= 15 is 0 Å². The minimum atomic E-state index is 0.866. The van der Waals surface area contributed by atoms with E-state index in [0.29, 0.717) is 0 Å². The van der Waals surface area contributed by atoms with Crippen LogP contribution in [-0.2, 0) is 0 Å². The molecule has 0 amide bonds. The first-order valence-electron chi connectivity index (χ1n) is 7.65. The lowest BCUT2D eigenvalue weighted by Gasteiger charge is -1.92. The van der Waals surface area contributed by atoms with Gasteiger partial charge >= 0.3 is 0 Å². The van der Waals surface area contributed by atoms with Crippen molar-refractivity contribution in [1.29, 1.82) is 0 Å². The van der Waals surface area contributed by atoms with Gasteiger partial charge in [-0.25, -0.2) is 0 Å². The summed E-state index contributed by atoms with van der Waals surface area (Å²) in [6.07, 6.45) is 20.7. The molecule has 0 radical (unpaired) electrons. The van der Waals surface area contributed by atoms with Crippen molar-refractivity contribution in [1.82, 2.24) is 0 Å². The van der Waals surface area contributed by atoms with Crippen molar-refractivity contribution in [3.8, 4) is 0 Å². The van der Waals surface area contributed by atoms with Gasteiger partial charge in [-0.15, -0.1) is 0 Å². The summed E-state index contributed by atoms with van der Waals surface area (Å²) in [5.74, 6) is 1.80. The van der Waals surface area contributed by atoms with E-state index in [2.05, 4.69) is 51.2 Å². The molecule has 0 aromatic heterocycles. The highest BCUT2D eigenvalue weighted by Crippen LogP contribution is 2.16. The average molecular weight is 246 g/mol. The molecule has 0 bridgehead atoms. The van der Waals surface area contributed by atoms with Crippen LogP contribution in [0.25, 0.3) is 0 Å². The van der Waals surface area contributed by atoms with Gasteiger partial charge in [0.2, 0.25) is 0 Å². The second kappa shape index (κ2) is 9.19. The molecule has 0 saturated carbocycles. The Hall–Kier alpha value is -0.780. The minimum Gasteiger partial charge on any atom is -0.0883 e. The molecule has 1 unspecified atom stereocenters. The molecule has 0 aliphatic heterocycles. The fraction of sp³-hybridized carbons (Fsp3) is 0.667. The fourth-order valence-electron chi connectivity index (χ4n) is 2.37. The fourth-order valence-corrected chi connectivity index (χ4v) is 2.37. The van der Waals surface area contributed by atoms with Gasteiger partial charge in [-0.1, -0.05) is 49.8 Å². The van der Waals surface area contributed by atoms with Crippen molar-refractivity contribution < 1.29 is 0 Å². The summed E-state index contributed by atoms with van der Waals surface area (Å²) in [6, 6.07) is 0. The zero-order valence-electron chi connectivity index (χ0n) is 12.5. The maximum Gasteiger partial charge on any atom is -0.0259 e. The lowest BCUT2D eigenvalue weighted by atomic mass is 10.1. The molecule has 0 aromatic rings. The van der Waals surface area contributed by atoms with Crippen molar-refractivity contribution in [2.45, 2.75) is 65.7 Å². The summed E-state index contributed by atoms with van der Waals surface area (Å²) in [7, 11) is 0. The molecule has 3 rings (SSSR count). The Balaban J connectivity index is 0.000000135. The summed E-state index contributed by atoms with van der Waals surface area (Å²) in [6.45, 7) is 6.73. The lowest BCUT2D eigenvalue weighted by Crippen LogP contribution is -1.79. The molecule has 0 heterocycles. The van der Waals surface area contributed by atoms with E-state index in [4.69, 9.17) is 0 Å². The molecule has 0 N–H and O–H groups in total. The first kappa shape index (κ1) is 15.3. The Morgan fingerprint density at radius 3 is 1.89 bits per heavy atom. The Bertz CT molecular complexity index is 285. The van der Waals surface area contributed by atoms with Gasteiger partial charge in [-0.05, 0) is 63.7 Å². The molecule has 0 aromatic carbocycles. The standard InChI is InChI=1S/3C6H10/c3*1-6-4-2-3-5-6/h4H,2-3,5H2,1H3;2,4,6H,3,5H2,1H3;2-3,6H,4-5H2,1H3. The van der Waals surface area contributed by atoms with E-state index < -0.39 is 0 Å². The van der Waals surface area contributed by atoms with Gasteiger partial charge < -0.3 is 0 Å². The van der Waals surface area contributed by atoms with E-state index in [1.54, 1.807) is 5.57 Å². The maximum absolute atomic E-state index is 2.32. The molecular weight excluding hydrogens is 216 g/mol. The molecule has 0 nitrogen and oxygen atoms in total. The molecule has 3 aliphatic rings. The SMILES string of the molecule is CC1=CCCC1.CC1C=CCC1.CC1CC=CC1. The highest BCUT2D eigenvalue weighted by Gasteiger charge is 2.00. The third kappa shape index (κ3) is 7.53. The lowest BCUT2D eigenvalue weighted by molar-refractivity contribution is 0.638. The van der Waals surface area contributed by atoms with Crippen LogP contribution in [0, 0.1) is 11.8 Å². The Labute approximate surface area is 114 Å². The molecule has 0 saturated heterocycles. The summed E-state index contributed by atoms with van der Waals surface area (Å²) in [5.41, 5.74) is 1.58. The highest BCUT2D eigenvalue weighted by atomic mass is 14.1. The molecule has 0 spiro atoms. The maximum atomic E-state index is 2.32. The normalized spacial score (nSPS) is 25.3. The van der Waals surface area contributed by atoms with Crippen LogP contribution in [0.1, 0.15) is 65.7 Å². The van der Waals surface area contributed by atoms with E-state index in [1.807, 2.05) is 0 Å². The molecule has 0 heteroatoms. The molecule has 1 atom stereocenters. The molecule has 18 heavy (non-hydrogen) atoms. The predicted octanol–water partition coefficient (Wildman–Crippen LogP) is 6.06. The van der Waals surface area contributed by atoms with Gasteiger partial charge in [0, 0.05) is 0 Å². The first-order valence-corrected chi connectivity index (χ1v) is 7.65. The van der Waals surface area contributed by atoms with Crippen LogP contribution in [0.3, 0.4) is 0 Å². The summed E-state index contributed by atoms with van der Waals surface area (Å²) in [4.78, 5) is 0. The number of hydrogen-bond acceptors (Lipinski definition) is 0. The third-order valence-corrected chi connectivity index (χ3v) is 3.76. The van der Waals surface area contributed by atoms with Crippen molar-refractivity contribution >= 4 is 0 Å². The van der Waals surface area contributed by atoms with Crippen molar-refractivity contribution in [3.05, 3.63) is 36.0 Å². The van der Waals surface area contributed by atoms with Gasteiger partial charge in [0.15, 0.2) is 0 Å². The Morgan fingerprint density at radius 1 is 1.00 bits per heavy atom. The van der Waals surface area contributed by atoms with E-state index in [9.17, 15) is 0 Å². The largest absolute Gasteiger partial charge is 0.0883 e. The van der Waals surface area contributed by atoms with Crippen molar-refractivity contribution in [3.63, 3.8) is 0 Å². The third-order valence-electron chi connectivity index (χ3n) is 3.76. The van der Waals surface area contributed by atoms with Crippen molar-refractivity contribution in [2.24, 2.45) is 11.8 Å². The highest BCUT2D eigenvalue weighted by molar-refractivity contribution is 5.03. The topological polar surface area (TPSA) is 0 Å². The zero-order valence-corrected chi connectivity index (χ0v) is 12.5. The average Bonchev–Trinajstić information content (AvgIpc) is 3.05. The first-order chi connectivity index (χ1) is 8.68. The smallest absolute Gasteiger partial charge is 0.0259 e. The van der Waals surface area contributed by atoms with Crippen LogP contribution in [0.15, 0.2) is 36.0 Å². The second-order valence-corrected chi connectivity index (χ2v) is 5.97. The molecule has 0 fully saturated rings.